The van der Waals surface area contributed by atoms with Gasteiger partial charge in [0.15, 0.2) is 0 Å². The summed E-state index contributed by atoms with van der Waals surface area (Å²) in [7, 11) is 0. The Morgan fingerprint density at radius 2 is 1.79 bits per heavy atom. The van der Waals surface area contributed by atoms with Crippen molar-refractivity contribution in [2.24, 2.45) is 0 Å². The predicted octanol–water partition coefficient (Wildman–Crippen LogP) is 5.02. The van der Waals surface area contributed by atoms with Crippen LogP contribution >= 0.6 is 0 Å². The summed E-state index contributed by atoms with van der Waals surface area (Å²) in [4.78, 5) is 7.06. The van der Waals surface area contributed by atoms with Gasteiger partial charge in [0, 0.05) is 50.2 Å². The molecule has 1 atom stereocenters. The molecule has 0 aliphatic carbocycles. The predicted molar refractivity (Wildman–Crippen MR) is 116 cm³/mol. The first kappa shape index (κ1) is 18.9. The van der Waals surface area contributed by atoms with Crippen LogP contribution in [-0.2, 0) is 6.54 Å². The molecule has 1 saturated heterocycles. The van der Waals surface area contributed by atoms with E-state index < -0.39 is 0 Å². The Bertz CT molecular complexity index is 904. The molecule has 0 unspecified atom stereocenters. The first-order valence-corrected chi connectivity index (χ1v) is 10.3. The molecular weight excluding hydrogens is 342 g/mol. The van der Waals surface area contributed by atoms with Crippen molar-refractivity contribution in [3.05, 3.63) is 89.7 Å². The van der Waals surface area contributed by atoms with Crippen LogP contribution < -0.4 is 5.32 Å². The Morgan fingerprint density at radius 1 is 1.00 bits per heavy atom. The molecule has 1 aromatic heterocycles. The smallest absolute Gasteiger partial charge is 0.0476 e. The number of pyridine rings is 1. The molecular formula is C25H29N3. The van der Waals surface area contributed by atoms with Gasteiger partial charge in [-0.25, -0.2) is 0 Å². The normalized spacial score (nSPS) is 17.8. The fourth-order valence-corrected chi connectivity index (χ4v) is 4.21. The highest BCUT2D eigenvalue weighted by molar-refractivity contribution is 5.70. The van der Waals surface area contributed by atoms with Crippen LogP contribution in [0.15, 0.2) is 73.1 Å². The molecule has 3 aromatic rings. The van der Waals surface area contributed by atoms with Crippen molar-refractivity contribution >= 4 is 0 Å². The molecule has 3 heteroatoms. The molecule has 0 radical (unpaired) electrons. The van der Waals surface area contributed by atoms with E-state index in [1.165, 1.54) is 27.8 Å². The molecule has 0 bridgehead atoms. The fourth-order valence-electron chi connectivity index (χ4n) is 4.21. The minimum Gasteiger partial charge on any atom is -0.314 e. The number of nitrogens with one attached hydrogen (secondary N) is 1. The van der Waals surface area contributed by atoms with Crippen LogP contribution in [0.3, 0.4) is 0 Å². The third-order valence-corrected chi connectivity index (χ3v) is 5.70. The van der Waals surface area contributed by atoms with Gasteiger partial charge in [-0.2, -0.15) is 0 Å². The van der Waals surface area contributed by atoms with Crippen LogP contribution in [0.4, 0.5) is 0 Å². The van der Waals surface area contributed by atoms with E-state index in [2.05, 4.69) is 89.7 Å². The number of hydrogen-bond acceptors (Lipinski definition) is 3. The summed E-state index contributed by atoms with van der Waals surface area (Å²) in [6.07, 6.45) is 3.97. The molecule has 1 fully saturated rings. The largest absolute Gasteiger partial charge is 0.314 e. The fraction of sp³-hybridized carbons (Fsp3) is 0.320. The summed E-state index contributed by atoms with van der Waals surface area (Å²) in [6, 6.07) is 22.2. The second kappa shape index (κ2) is 8.68. The number of piperazine rings is 1. The average Bonchev–Trinajstić information content (AvgIpc) is 2.75. The molecule has 144 valence electrons. The molecule has 1 aliphatic heterocycles. The highest BCUT2D eigenvalue weighted by Gasteiger charge is 2.24. The van der Waals surface area contributed by atoms with E-state index in [9.17, 15) is 0 Å². The SMILES string of the molecule is CC(C)c1ccccc1-c1cnccc1CN1CCNC[C@@H]1c1ccccc1. The molecule has 1 aliphatic rings. The molecule has 4 rings (SSSR count). The molecule has 1 N–H and O–H groups in total. The van der Waals surface area contributed by atoms with Crippen molar-refractivity contribution in [1.29, 1.82) is 0 Å². The Morgan fingerprint density at radius 3 is 2.61 bits per heavy atom. The van der Waals surface area contributed by atoms with Gasteiger partial charge in [0.05, 0.1) is 0 Å². The third-order valence-electron chi connectivity index (χ3n) is 5.70. The highest BCUT2D eigenvalue weighted by Crippen LogP contribution is 2.33. The van der Waals surface area contributed by atoms with Gasteiger partial charge in [-0.15, -0.1) is 0 Å². The topological polar surface area (TPSA) is 28.2 Å². The van der Waals surface area contributed by atoms with Gasteiger partial charge in [0.25, 0.3) is 0 Å². The molecule has 28 heavy (non-hydrogen) atoms. The summed E-state index contributed by atoms with van der Waals surface area (Å²) in [6.45, 7) is 8.53. The molecule has 3 nitrogen and oxygen atoms in total. The average molecular weight is 372 g/mol. The Kier molecular flexibility index (Phi) is 5.84. The van der Waals surface area contributed by atoms with Gasteiger partial charge in [-0.1, -0.05) is 68.4 Å². The van der Waals surface area contributed by atoms with Crippen LogP contribution in [0.2, 0.25) is 0 Å². The Balaban J connectivity index is 1.67. The van der Waals surface area contributed by atoms with Crippen molar-refractivity contribution in [3.63, 3.8) is 0 Å². The van der Waals surface area contributed by atoms with Crippen molar-refractivity contribution < 1.29 is 0 Å². The zero-order chi connectivity index (χ0) is 19.3. The number of nitrogens with zero attached hydrogens (tertiary/aromatic N) is 2. The number of rotatable bonds is 5. The number of hydrogen-bond donors (Lipinski definition) is 1. The van der Waals surface area contributed by atoms with Crippen molar-refractivity contribution in [3.8, 4) is 11.1 Å². The second-order valence-electron chi connectivity index (χ2n) is 7.88. The minimum absolute atomic E-state index is 0.399. The second-order valence-corrected chi connectivity index (χ2v) is 7.88. The van der Waals surface area contributed by atoms with Gasteiger partial charge in [-0.3, -0.25) is 9.88 Å². The molecule has 0 amide bonds. The maximum absolute atomic E-state index is 4.46. The lowest BCUT2D eigenvalue weighted by Crippen LogP contribution is -2.45. The summed E-state index contributed by atoms with van der Waals surface area (Å²) in [5, 5.41) is 3.57. The van der Waals surface area contributed by atoms with E-state index in [1.54, 1.807) is 0 Å². The van der Waals surface area contributed by atoms with Crippen molar-refractivity contribution in [2.75, 3.05) is 19.6 Å². The maximum Gasteiger partial charge on any atom is 0.0476 e. The van der Waals surface area contributed by atoms with Crippen LogP contribution in [0.1, 0.15) is 42.5 Å². The van der Waals surface area contributed by atoms with Gasteiger partial charge in [0.1, 0.15) is 0 Å². The Labute approximate surface area is 168 Å². The van der Waals surface area contributed by atoms with Crippen LogP contribution in [0, 0.1) is 0 Å². The molecule has 2 aromatic carbocycles. The molecule has 0 saturated carbocycles. The van der Waals surface area contributed by atoms with Crippen LogP contribution in [0.25, 0.3) is 11.1 Å². The van der Waals surface area contributed by atoms with E-state index in [1.807, 2.05) is 12.4 Å². The van der Waals surface area contributed by atoms with Crippen LogP contribution in [0.5, 0.6) is 0 Å². The van der Waals surface area contributed by atoms with Gasteiger partial charge in [-0.05, 0) is 34.2 Å². The van der Waals surface area contributed by atoms with E-state index in [-0.39, 0.29) is 0 Å². The highest BCUT2D eigenvalue weighted by atomic mass is 15.2. The van der Waals surface area contributed by atoms with E-state index >= 15 is 0 Å². The quantitative estimate of drug-likeness (QED) is 0.683. The third kappa shape index (κ3) is 4.01. The van der Waals surface area contributed by atoms with Crippen LogP contribution in [-0.4, -0.2) is 29.5 Å². The standard InChI is InChI=1S/C25H29N3/c1-19(2)22-10-6-7-11-23(22)24-16-26-13-12-21(24)18-28-15-14-27-17-25(28)20-8-4-3-5-9-20/h3-13,16,19,25,27H,14-15,17-18H2,1-2H3/t25-/m1/s1. The van der Waals surface area contributed by atoms with E-state index in [0.29, 0.717) is 12.0 Å². The van der Waals surface area contributed by atoms with Gasteiger partial charge in [0.2, 0.25) is 0 Å². The van der Waals surface area contributed by atoms with E-state index in [4.69, 9.17) is 0 Å². The minimum atomic E-state index is 0.399. The lowest BCUT2D eigenvalue weighted by Gasteiger charge is -2.37. The Hall–Kier alpha value is -2.49. The van der Waals surface area contributed by atoms with Gasteiger partial charge < -0.3 is 5.32 Å². The van der Waals surface area contributed by atoms with E-state index in [0.717, 1.165) is 26.2 Å². The van der Waals surface area contributed by atoms with Gasteiger partial charge >= 0.3 is 0 Å². The summed E-state index contributed by atoms with van der Waals surface area (Å²) in [5.74, 6) is 0.487. The zero-order valence-electron chi connectivity index (χ0n) is 16.8. The summed E-state index contributed by atoms with van der Waals surface area (Å²) < 4.78 is 0. The van der Waals surface area contributed by atoms with Crippen molar-refractivity contribution in [1.82, 2.24) is 15.2 Å². The molecule has 2 heterocycles. The number of benzene rings is 2. The zero-order valence-corrected chi connectivity index (χ0v) is 16.8. The first-order chi connectivity index (χ1) is 13.7. The van der Waals surface area contributed by atoms with Crippen molar-refractivity contribution in [2.45, 2.75) is 32.4 Å². The summed E-state index contributed by atoms with van der Waals surface area (Å²) >= 11 is 0. The monoisotopic (exact) mass is 371 g/mol. The first-order valence-electron chi connectivity index (χ1n) is 10.3. The number of aromatic nitrogens is 1. The maximum atomic E-state index is 4.46. The molecule has 0 spiro atoms. The lowest BCUT2D eigenvalue weighted by molar-refractivity contribution is 0.154. The lowest BCUT2D eigenvalue weighted by atomic mass is 9.91. The summed E-state index contributed by atoms with van der Waals surface area (Å²) in [5.41, 5.74) is 6.69.